The molecule has 20 heavy (non-hydrogen) atoms. The van der Waals surface area contributed by atoms with Crippen LogP contribution in [0.5, 0.6) is 0 Å². The van der Waals surface area contributed by atoms with E-state index in [-0.39, 0.29) is 0 Å². The van der Waals surface area contributed by atoms with Gasteiger partial charge in [-0.1, -0.05) is 32.4 Å². The Balaban J connectivity index is 2.20. The topological polar surface area (TPSA) is 15.3 Å². The predicted molar refractivity (Wildman–Crippen MR) is 96.8 cm³/mol. The number of nitrogens with one attached hydrogen (secondary N) is 1. The number of anilines is 1. The van der Waals surface area contributed by atoms with Crippen molar-refractivity contribution >= 4 is 39.9 Å². The molecule has 1 aromatic rings. The molecule has 0 aromatic heterocycles. The summed E-state index contributed by atoms with van der Waals surface area (Å²) in [6, 6.07) is 7.48. The third kappa shape index (κ3) is 4.01. The zero-order valence-electron chi connectivity index (χ0n) is 12.5. The van der Waals surface area contributed by atoms with Gasteiger partial charge in [-0.15, -0.1) is 0 Å². The second kappa shape index (κ2) is 7.32. The van der Waals surface area contributed by atoms with Gasteiger partial charge in [0.2, 0.25) is 0 Å². The van der Waals surface area contributed by atoms with Gasteiger partial charge in [-0.05, 0) is 59.5 Å². The van der Waals surface area contributed by atoms with E-state index in [0.717, 1.165) is 30.5 Å². The minimum absolute atomic E-state index is 0.538. The molecule has 0 amide bonds. The fourth-order valence-corrected chi connectivity index (χ4v) is 3.93. The fraction of sp³-hybridized carbons (Fsp3) is 0.625. The van der Waals surface area contributed by atoms with Gasteiger partial charge in [0.15, 0.2) is 0 Å². The van der Waals surface area contributed by atoms with Gasteiger partial charge in [0, 0.05) is 28.7 Å². The lowest BCUT2D eigenvalue weighted by Crippen LogP contribution is -2.56. The Morgan fingerprint density at radius 2 is 2.20 bits per heavy atom. The summed E-state index contributed by atoms with van der Waals surface area (Å²) >= 11 is 8.78. The molecule has 1 heterocycles. The predicted octanol–water partition coefficient (Wildman–Crippen LogP) is 4.55. The molecule has 2 atom stereocenters. The van der Waals surface area contributed by atoms with Crippen molar-refractivity contribution in [1.82, 2.24) is 5.32 Å². The van der Waals surface area contributed by atoms with E-state index < -0.39 is 0 Å². The first-order chi connectivity index (χ1) is 9.51. The van der Waals surface area contributed by atoms with Gasteiger partial charge in [-0.2, -0.15) is 0 Å². The fourth-order valence-electron chi connectivity index (χ4n) is 2.96. The first-order valence-corrected chi connectivity index (χ1v) is 8.92. The van der Waals surface area contributed by atoms with Crippen LogP contribution in [0.4, 0.5) is 5.69 Å². The lowest BCUT2D eigenvalue weighted by atomic mass is 9.98. The molecular weight excluding hydrogens is 383 g/mol. The third-order valence-electron chi connectivity index (χ3n) is 3.95. The molecule has 0 aliphatic carbocycles. The van der Waals surface area contributed by atoms with E-state index >= 15 is 0 Å². The average molecular weight is 407 g/mol. The van der Waals surface area contributed by atoms with Gasteiger partial charge in [-0.3, -0.25) is 0 Å². The molecular formula is C16H24ClIN2. The molecule has 1 aliphatic rings. The molecule has 1 N–H and O–H groups in total. The molecule has 2 rings (SSSR count). The SMILES string of the molecule is CCC1CNC(CC(C)C)CN1c1ccc(I)cc1Cl. The zero-order valence-corrected chi connectivity index (χ0v) is 15.4. The van der Waals surface area contributed by atoms with E-state index in [1.807, 2.05) is 0 Å². The highest BCUT2D eigenvalue weighted by Gasteiger charge is 2.28. The van der Waals surface area contributed by atoms with E-state index in [2.05, 4.69) is 71.8 Å². The maximum atomic E-state index is 6.47. The van der Waals surface area contributed by atoms with Gasteiger partial charge in [0.05, 0.1) is 10.7 Å². The number of halogens is 2. The number of benzene rings is 1. The van der Waals surface area contributed by atoms with Crippen LogP contribution in [0.3, 0.4) is 0 Å². The van der Waals surface area contributed by atoms with Crippen LogP contribution in [0.2, 0.25) is 5.02 Å². The summed E-state index contributed by atoms with van der Waals surface area (Å²) in [5, 5.41) is 4.57. The molecule has 0 radical (unpaired) electrons. The standard InChI is InChI=1S/C16H24ClIN2/c1-4-14-9-19-13(7-11(2)3)10-20(14)16-6-5-12(18)8-15(16)17/h5-6,8,11,13-14,19H,4,7,9-10H2,1-3H3. The summed E-state index contributed by atoms with van der Waals surface area (Å²) in [7, 11) is 0. The highest BCUT2D eigenvalue weighted by atomic mass is 127. The summed E-state index contributed by atoms with van der Waals surface area (Å²) in [5.74, 6) is 0.722. The highest BCUT2D eigenvalue weighted by Crippen LogP contribution is 2.31. The minimum Gasteiger partial charge on any atom is -0.365 e. The quantitative estimate of drug-likeness (QED) is 0.738. The Morgan fingerprint density at radius 3 is 2.80 bits per heavy atom. The van der Waals surface area contributed by atoms with E-state index in [1.165, 1.54) is 15.7 Å². The molecule has 4 heteroatoms. The van der Waals surface area contributed by atoms with E-state index in [0.29, 0.717) is 12.1 Å². The molecule has 2 unspecified atom stereocenters. The molecule has 0 spiro atoms. The summed E-state index contributed by atoms with van der Waals surface area (Å²) < 4.78 is 1.19. The number of hydrogen-bond donors (Lipinski definition) is 1. The van der Waals surface area contributed by atoms with E-state index in [9.17, 15) is 0 Å². The number of nitrogens with zero attached hydrogens (tertiary/aromatic N) is 1. The second-order valence-corrected chi connectivity index (χ2v) is 7.70. The molecule has 2 nitrogen and oxygen atoms in total. The summed E-state index contributed by atoms with van der Waals surface area (Å²) in [6.45, 7) is 8.93. The Hall–Kier alpha value is -0.0000000000000000555. The van der Waals surface area contributed by atoms with Crippen molar-refractivity contribution in [2.45, 2.75) is 45.7 Å². The van der Waals surface area contributed by atoms with E-state index in [4.69, 9.17) is 11.6 Å². The smallest absolute Gasteiger partial charge is 0.0650 e. The monoisotopic (exact) mass is 406 g/mol. The molecule has 1 saturated heterocycles. The lowest BCUT2D eigenvalue weighted by molar-refractivity contribution is 0.343. The van der Waals surface area contributed by atoms with Crippen LogP contribution < -0.4 is 10.2 Å². The molecule has 112 valence electrons. The van der Waals surface area contributed by atoms with Crippen molar-refractivity contribution in [2.24, 2.45) is 5.92 Å². The average Bonchev–Trinajstić information content (AvgIpc) is 2.38. The van der Waals surface area contributed by atoms with Crippen LogP contribution in [0.25, 0.3) is 0 Å². The van der Waals surface area contributed by atoms with Crippen molar-refractivity contribution in [1.29, 1.82) is 0 Å². The van der Waals surface area contributed by atoms with Crippen LogP contribution in [0.1, 0.15) is 33.6 Å². The lowest BCUT2D eigenvalue weighted by Gasteiger charge is -2.42. The van der Waals surface area contributed by atoms with Crippen LogP contribution in [-0.2, 0) is 0 Å². The first-order valence-electron chi connectivity index (χ1n) is 7.46. The summed E-state index contributed by atoms with van der Waals surface area (Å²) in [5.41, 5.74) is 1.19. The van der Waals surface area contributed by atoms with Gasteiger partial charge in [0.1, 0.15) is 0 Å². The largest absolute Gasteiger partial charge is 0.365 e. The van der Waals surface area contributed by atoms with Gasteiger partial charge in [-0.25, -0.2) is 0 Å². The maximum absolute atomic E-state index is 6.47. The van der Waals surface area contributed by atoms with Crippen molar-refractivity contribution < 1.29 is 0 Å². The van der Waals surface area contributed by atoms with Crippen LogP contribution in [0.15, 0.2) is 18.2 Å². The van der Waals surface area contributed by atoms with Gasteiger partial charge >= 0.3 is 0 Å². The Labute approximate surface area is 141 Å². The van der Waals surface area contributed by atoms with Crippen LogP contribution in [0, 0.1) is 9.49 Å². The molecule has 1 fully saturated rings. The first kappa shape index (κ1) is 16.4. The van der Waals surface area contributed by atoms with Crippen LogP contribution >= 0.6 is 34.2 Å². The maximum Gasteiger partial charge on any atom is 0.0650 e. The summed E-state index contributed by atoms with van der Waals surface area (Å²) in [4.78, 5) is 2.50. The normalized spacial score (nSPS) is 23.4. The van der Waals surface area contributed by atoms with E-state index in [1.54, 1.807) is 0 Å². The molecule has 1 aromatic carbocycles. The van der Waals surface area contributed by atoms with Gasteiger partial charge < -0.3 is 10.2 Å². The zero-order chi connectivity index (χ0) is 14.7. The second-order valence-electron chi connectivity index (χ2n) is 6.04. The van der Waals surface area contributed by atoms with Crippen LogP contribution in [-0.4, -0.2) is 25.2 Å². The molecule has 0 saturated carbocycles. The number of rotatable bonds is 4. The van der Waals surface area contributed by atoms with Gasteiger partial charge in [0.25, 0.3) is 0 Å². The number of piperazine rings is 1. The molecule has 0 bridgehead atoms. The Kier molecular flexibility index (Phi) is 5.99. The van der Waals surface area contributed by atoms with Crippen molar-refractivity contribution in [3.05, 3.63) is 26.8 Å². The molecule has 1 aliphatic heterocycles. The highest BCUT2D eigenvalue weighted by molar-refractivity contribution is 14.1. The number of hydrogen-bond acceptors (Lipinski definition) is 2. The Morgan fingerprint density at radius 1 is 1.45 bits per heavy atom. The van der Waals surface area contributed by atoms with Crippen molar-refractivity contribution in [2.75, 3.05) is 18.0 Å². The third-order valence-corrected chi connectivity index (χ3v) is 4.92. The van der Waals surface area contributed by atoms with Crippen molar-refractivity contribution in [3.63, 3.8) is 0 Å². The summed E-state index contributed by atoms with van der Waals surface area (Å²) in [6.07, 6.45) is 2.36. The minimum atomic E-state index is 0.538. The Bertz CT molecular complexity index is 450. The van der Waals surface area contributed by atoms with Crippen molar-refractivity contribution in [3.8, 4) is 0 Å².